The molecule has 0 bridgehead atoms. The van der Waals surface area contributed by atoms with Gasteiger partial charge in [0.2, 0.25) is 5.95 Å². The fourth-order valence-corrected chi connectivity index (χ4v) is 3.29. The summed E-state index contributed by atoms with van der Waals surface area (Å²) in [6.07, 6.45) is -2.01. The number of carbonyl (C=O) groups excluding carboxylic acids is 1. The number of nitrogens with zero attached hydrogens (tertiary/aromatic N) is 6. The minimum Gasteiger partial charge on any atom is -0.337 e. The number of anilines is 2. The van der Waals surface area contributed by atoms with Crippen LogP contribution in [0.5, 0.6) is 0 Å². The lowest BCUT2D eigenvalue weighted by Gasteiger charge is -2.28. The van der Waals surface area contributed by atoms with Gasteiger partial charge in [-0.25, -0.2) is 13.9 Å². The number of alkyl halides is 4. The van der Waals surface area contributed by atoms with Crippen molar-refractivity contribution in [1.82, 2.24) is 24.4 Å². The maximum absolute atomic E-state index is 13.7. The van der Waals surface area contributed by atoms with E-state index in [0.717, 1.165) is 10.9 Å². The summed E-state index contributed by atoms with van der Waals surface area (Å²) in [5, 5.41) is 9.90. The molecule has 0 unspecified atom stereocenters. The van der Waals surface area contributed by atoms with Crippen molar-refractivity contribution in [3.63, 3.8) is 0 Å². The molecule has 1 fully saturated rings. The number of hydrogen-bond donors (Lipinski definition) is 1. The monoisotopic (exact) mass is 411 g/mol. The molecule has 29 heavy (non-hydrogen) atoms. The molecule has 1 aliphatic rings. The molecular weight excluding hydrogens is 394 g/mol. The summed E-state index contributed by atoms with van der Waals surface area (Å²) in [4.78, 5) is 18.5. The van der Waals surface area contributed by atoms with Crippen LogP contribution >= 0.6 is 0 Å². The summed E-state index contributed by atoms with van der Waals surface area (Å²) in [5.74, 6) is -0.530. The minimum atomic E-state index is -4.71. The number of carbonyl (C=O) groups is 1. The van der Waals surface area contributed by atoms with Crippen molar-refractivity contribution in [1.29, 1.82) is 0 Å². The highest BCUT2D eigenvalue weighted by Crippen LogP contribution is 2.33. The van der Waals surface area contributed by atoms with Crippen molar-refractivity contribution in [2.75, 3.05) is 23.3 Å². The molecule has 0 aliphatic carbocycles. The summed E-state index contributed by atoms with van der Waals surface area (Å²) >= 11 is 0. The van der Waals surface area contributed by atoms with Gasteiger partial charge in [-0.1, -0.05) is 0 Å². The van der Waals surface area contributed by atoms with Gasteiger partial charge in [0.25, 0.3) is 5.91 Å². The smallest absolute Gasteiger partial charge is 0.337 e. The molecule has 1 N–H and O–H groups in total. The third-order valence-electron chi connectivity index (χ3n) is 4.61. The normalized spacial score (nSPS) is 17.7. The molecule has 0 saturated carbocycles. The lowest BCUT2D eigenvalue weighted by atomic mass is 10.1. The van der Waals surface area contributed by atoms with Crippen LogP contribution in [0.1, 0.15) is 29.0 Å². The molecule has 12 heteroatoms. The van der Waals surface area contributed by atoms with Crippen LogP contribution < -0.4 is 10.2 Å². The fraction of sp³-hybridized carbons (Fsp3) is 0.412. The number of amides is 1. The second-order valence-corrected chi connectivity index (χ2v) is 6.82. The highest BCUT2D eigenvalue weighted by Gasteiger charge is 2.37. The molecule has 0 aromatic carbocycles. The van der Waals surface area contributed by atoms with Gasteiger partial charge < -0.3 is 10.2 Å². The standard InChI is InChI=1S/C17H17F4N7O/c1-26-9-12(14(24-26)17(19,20)21)23-15(29)13-5-4-11-7-22-16(25-28(11)13)27-6-2-3-10(18)8-27/h4-5,7,9-10H,2-3,6,8H2,1H3,(H,23,29)/t10-/m1/s1. The van der Waals surface area contributed by atoms with E-state index in [9.17, 15) is 22.4 Å². The van der Waals surface area contributed by atoms with E-state index in [1.165, 1.54) is 23.8 Å². The first kappa shape index (κ1) is 19.2. The van der Waals surface area contributed by atoms with E-state index in [2.05, 4.69) is 20.5 Å². The van der Waals surface area contributed by atoms with Gasteiger partial charge >= 0.3 is 6.18 Å². The Morgan fingerprint density at radius 2 is 2.07 bits per heavy atom. The first-order chi connectivity index (χ1) is 13.7. The van der Waals surface area contributed by atoms with Gasteiger partial charge in [0.1, 0.15) is 11.9 Å². The predicted molar refractivity (Wildman–Crippen MR) is 95.5 cm³/mol. The van der Waals surface area contributed by atoms with Gasteiger partial charge in [-0.2, -0.15) is 18.3 Å². The van der Waals surface area contributed by atoms with E-state index in [4.69, 9.17) is 0 Å². The molecule has 1 amide bonds. The highest BCUT2D eigenvalue weighted by molar-refractivity contribution is 6.04. The van der Waals surface area contributed by atoms with E-state index in [1.807, 2.05) is 0 Å². The maximum atomic E-state index is 13.7. The van der Waals surface area contributed by atoms with Gasteiger partial charge in [0.15, 0.2) is 5.69 Å². The van der Waals surface area contributed by atoms with E-state index in [-0.39, 0.29) is 18.2 Å². The summed E-state index contributed by atoms with van der Waals surface area (Å²) in [6, 6.07) is 3.00. The third kappa shape index (κ3) is 3.74. The van der Waals surface area contributed by atoms with E-state index in [0.29, 0.717) is 24.9 Å². The maximum Gasteiger partial charge on any atom is 0.437 e. The highest BCUT2D eigenvalue weighted by atomic mass is 19.4. The van der Waals surface area contributed by atoms with Crippen molar-refractivity contribution in [2.24, 2.45) is 7.05 Å². The second-order valence-electron chi connectivity index (χ2n) is 6.82. The fourth-order valence-electron chi connectivity index (χ4n) is 3.29. The van der Waals surface area contributed by atoms with E-state index in [1.54, 1.807) is 11.0 Å². The second kappa shape index (κ2) is 7.01. The number of nitrogens with one attached hydrogen (secondary N) is 1. The number of aromatic nitrogens is 5. The van der Waals surface area contributed by atoms with Crippen LogP contribution in [0, 0.1) is 0 Å². The van der Waals surface area contributed by atoms with Crippen LogP contribution in [0.25, 0.3) is 5.52 Å². The van der Waals surface area contributed by atoms with Gasteiger partial charge in [-0.3, -0.25) is 9.48 Å². The largest absolute Gasteiger partial charge is 0.437 e. The lowest BCUT2D eigenvalue weighted by Crippen LogP contribution is -2.37. The summed E-state index contributed by atoms with van der Waals surface area (Å²) in [5.41, 5.74) is -1.14. The number of piperidine rings is 1. The van der Waals surface area contributed by atoms with Crippen molar-refractivity contribution in [3.8, 4) is 0 Å². The topological polar surface area (TPSA) is 80.4 Å². The van der Waals surface area contributed by atoms with Crippen LogP contribution in [-0.2, 0) is 13.2 Å². The molecule has 3 aromatic rings. The average molecular weight is 411 g/mol. The van der Waals surface area contributed by atoms with Crippen LogP contribution in [0.4, 0.5) is 29.2 Å². The number of aryl methyl sites for hydroxylation is 1. The van der Waals surface area contributed by atoms with E-state index < -0.39 is 29.6 Å². The van der Waals surface area contributed by atoms with Gasteiger partial charge in [0.05, 0.1) is 23.9 Å². The molecule has 1 saturated heterocycles. The molecule has 4 heterocycles. The molecule has 0 radical (unpaired) electrons. The number of rotatable bonds is 3. The molecule has 8 nitrogen and oxygen atoms in total. The Labute approximate surface area is 162 Å². The SMILES string of the molecule is Cn1cc(NC(=O)c2ccc3cnc(N4CCC[C@@H](F)C4)nn23)c(C(F)(F)F)n1. The molecule has 1 aliphatic heterocycles. The molecular formula is C17H17F4N7O. The summed E-state index contributed by atoms with van der Waals surface area (Å²) in [7, 11) is 1.33. The van der Waals surface area contributed by atoms with Crippen molar-refractivity contribution < 1.29 is 22.4 Å². The summed E-state index contributed by atoms with van der Waals surface area (Å²) < 4.78 is 55.3. The van der Waals surface area contributed by atoms with E-state index >= 15 is 0 Å². The zero-order valence-electron chi connectivity index (χ0n) is 15.3. The number of hydrogen-bond acceptors (Lipinski definition) is 5. The Morgan fingerprint density at radius 1 is 1.28 bits per heavy atom. The van der Waals surface area contributed by atoms with Crippen molar-refractivity contribution in [2.45, 2.75) is 25.2 Å². The van der Waals surface area contributed by atoms with Crippen molar-refractivity contribution >= 4 is 23.1 Å². The summed E-state index contributed by atoms with van der Waals surface area (Å²) in [6.45, 7) is 0.734. The zero-order chi connectivity index (χ0) is 20.8. The Balaban J connectivity index is 1.64. The van der Waals surface area contributed by atoms with Gasteiger partial charge in [0, 0.05) is 19.8 Å². The molecule has 4 rings (SSSR count). The number of halogens is 4. The molecule has 154 valence electrons. The lowest BCUT2D eigenvalue weighted by molar-refractivity contribution is -0.140. The quantitative estimate of drug-likeness (QED) is 0.671. The molecule has 0 spiro atoms. The predicted octanol–water partition coefficient (Wildman–Crippen LogP) is 2.67. The number of fused-ring (bicyclic) bond motifs is 1. The molecule has 3 aromatic heterocycles. The van der Waals surface area contributed by atoms with Crippen LogP contribution in [0.15, 0.2) is 24.5 Å². The van der Waals surface area contributed by atoms with Crippen LogP contribution in [0.3, 0.4) is 0 Å². The molecule has 1 atom stereocenters. The third-order valence-corrected chi connectivity index (χ3v) is 4.61. The average Bonchev–Trinajstić information content (AvgIpc) is 3.24. The van der Waals surface area contributed by atoms with Crippen molar-refractivity contribution in [3.05, 3.63) is 35.9 Å². The first-order valence-electron chi connectivity index (χ1n) is 8.88. The zero-order valence-corrected chi connectivity index (χ0v) is 15.3. The Kier molecular flexibility index (Phi) is 4.63. The first-order valence-corrected chi connectivity index (χ1v) is 8.88. The van der Waals surface area contributed by atoms with Gasteiger partial charge in [-0.05, 0) is 25.0 Å². The van der Waals surface area contributed by atoms with Crippen LogP contribution in [0.2, 0.25) is 0 Å². The van der Waals surface area contributed by atoms with Crippen LogP contribution in [-0.4, -0.2) is 49.5 Å². The Hall–Kier alpha value is -3.18. The van der Waals surface area contributed by atoms with Gasteiger partial charge in [-0.15, -0.1) is 5.10 Å². The minimum absolute atomic E-state index is 0.0226. The Morgan fingerprint density at radius 3 is 2.79 bits per heavy atom. The Bertz CT molecular complexity index is 1060.